The number of nitrogens with one attached hydrogen (secondary N) is 1. The van der Waals surface area contributed by atoms with Crippen LogP contribution in [-0.4, -0.2) is 36.7 Å². The Kier molecular flexibility index (Phi) is 3.05. The van der Waals surface area contributed by atoms with Crippen molar-refractivity contribution >= 4 is 0 Å². The first-order valence-corrected chi connectivity index (χ1v) is 8.28. The number of ether oxygens (including phenoxy) is 1. The number of fused-ring (bicyclic) bond motifs is 1. The van der Waals surface area contributed by atoms with Gasteiger partial charge in [-0.05, 0) is 56.8 Å². The fourth-order valence-corrected chi connectivity index (χ4v) is 4.07. The van der Waals surface area contributed by atoms with E-state index in [0.29, 0.717) is 5.41 Å². The number of likely N-dealkylation sites (tertiary alicyclic amines) is 1. The molecule has 0 saturated carbocycles. The summed E-state index contributed by atoms with van der Waals surface area (Å²) in [5, 5.41) is 3.44. The van der Waals surface area contributed by atoms with Crippen molar-refractivity contribution in [3.05, 3.63) is 29.3 Å². The molecule has 0 radical (unpaired) electrons. The van der Waals surface area contributed by atoms with Crippen LogP contribution in [0, 0.1) is 5.41 Å². The van der Waals surface area contributed by atoms with E-state index in [-0.39, 0.29) is 5.60 Å². The van der Waals surface area contributed by atoms with E-state index in [0.717, 1.165) is 18.7 Å². The molecule has 4 rings (SSSR count). The van der Waals surface area contributed by atoms with E-state index in [1.807, 2.05) is 0 Å². The highest BCUT2D eigenvalue weighted by atomic mass is 16.5. The zero-order valence-corrected chi connectivity index (χ0v) is 13.2. The molecule has 3 heteroatoms. The Balaban J connectivity index is 1.46. The Morgan fingerprint density at radius 2 is 1.95 bits per heavy atom. The number of hydrogen-bond acceptors (Lipinski definition) is 3. The third-order valence-corrected chi connectivity index (χ3v) is 5.53. The molecule has 3 heterocycles. The highest BCUT2D eigenvalue weighted by Gasteiger charge is 2.39. The van der Waals surface area contributed by atoms with E-state index < -0.39 is 0 Å². The summed E-state index contributed by atoms with van der Waals surface area (Å²) in [5.41, 5.74) is 3.51. The van der Waals surface area contributed by atoms with Gasteiger partial charge in [-0.25, -0.2) is 0 Å². The maximum atomic E-state index is 6.06. The maximum absolute atomic E-state index is 6.06. The van der Waals surface area contributed by atoms with Crippen LogP contribution in [0.5, 0.6) is 5.75 Å². The number of hydrogen-bond donors (Lipinski definition) is 1. The quantitative estimate of drug-likeness (QED) is 0.904. The van der Waals surface area contributed by atoms with Crippen molar-refractivity contribution in [1.82, 2.24) is 10.2 Å². The second kappa shape index (κ2) is 4.72. The molecule has 1 aromatic rings. The van der Waals surface area contributed by atoms with Crippen molar-refractivity contribution in [2.75, 3.05) is 26.2 Å². The van der Waals surface area contributed by atoms with Gasteiger partial charge < -0.3 is 10.1 Å². The Hall–Kier alpha value is -1.06. The van der Waals surface area contributed by atoms with Gasteiger partial charge in [-0.15, -0.1) is 0 Å². The van der Waals surface area contributed by atoms with Gasteiger partial charge in [0.25, 0.3) is 0 Å². The van der Waals surface area contributed by atoms with Gasteiger partial charge in [0.15, 0.2) is 0 Å². The standard InChI is InChI=1S/C18H26N2O/c1-17(2)10-15-14(4-3-5-16(15)21-17)11-20-8-6-18(7-9-20)12-19-13-18/h3-5,19H,6-13H2,1-2H3. The van der Waals surface area contributed by atoms with Crippen LogP contribution in [0.15, 0.2) is 18.2 Å². The number of piperidine rings is 1. The SMILES string of the molecule is CC1(C)Cc2c(CN3CCC4(CC3)CNC4)cccc2O1. The molecule has 0 bridgehead atoms. The van der Waals surface area contributed by atoms with Gasteiger partial charge in [0.05, 0.1) is 0 Å². The summed E-state index contributed by atoms with van der Waals surface area (Å²) in [6.07, 6.45) is 3.76. The molecule has 2 saturated heterocycles. The van der Waals surface area contributed by atoms with Crippen molar-refractivity contribution in [3.63, 3.8) is 0 Å². The largest absolute Gasteiger partial charge is 0.487 e. The molecule has 114 valence electrons. The summed E-state index contributed by atoms with van der Waals surface area (Å²) >= 11 is 0. The molecule has 21 heavy (non-hydrogen) atoms. The molecule has 1 N–H and O–H groups in total. The van der Waals surface area contributed by atoms with Crippen molar-refractivity contribution in [1.29, 1.82) is 0 Å². The van der Waals surface area contributed by atoms with Gasteiger partial charge in [0.2, 0.25) is 0 Å². The second-order valence-corrected chi connectivity index (χ2v) is 7.81. The van der Waals surface area contributed by atoms with Crippen molar-refractivity contribution in [3.8, 4) is 5.75 Å². The minimum atomic E-state index is -0.0397. The van der Waals surface area contributed by atoms with Gasteiger partial charge in [-0.1, -0.05) is 12.1 Å². The number of nitrogens with zero attached hydrogens (tertiary/aromatic N) is 1. The first kappa shape index (κ1) is 13.6. The summed E-state index contributed by atoms with van der Waals surface area (Å²) in [6, 6.07) is 6.56. The van der Waals surface area contributed by atoms with Crippen molar-refractivity contribution in [2.45, 2.75) is 45.3 Å². The monoisotopic (exact) mass is 286 g/mol. The molecule has 0 unspecified atom stereocenters. The lowest BCUT2D eigenvalue weighted by Crippen LogP contribution is -2.58. The third kappa shape index (κ3) is 2.47. The van der Waals surface area contributed by atoms with Crippen molar-refractivity contribution < 1.29 is 4.74 Å². The first-order valence-electron chi connectivity index (χ1n) is 8.28. The third-order valence-electron chi connectivity index (χ3n) is 5.53. The lowest BCUT2D eigenvalue weighted by Gasteiger charge is -2.48. The highest BCUT2D eigenvalue weighted by Crippen LogP contribution is 2.39. The van der Waals surface area contributed by atoms with Gasteiger partial charge in [0, 0.05) is 31.6 Å². The average Bonchev–Trinajstić information content (AvgIpc) is 2.73. The Morgan fingerprint density at radius 3 is 2.62 bits per heavy atom. The van der Waals surface area contributed by atoms with Crippen LogP contribution in [0.25, 0.3) is 0 Å². The summed E-state index contributed by atoms with van der Waals surface area (Å²) in [5.74, 6) is 1.11. The van der Waals surface area contributed by atoms with Crippen molar-refractivity contribution in [2.24, 2.45) is 5.41 Å². The van der Waals surface area contributed by atoms with Gasteiger partial charge in [0.1, 0.15) is 11.4 Å². The molecule has 3 aliphatic rings. The minimum absolute atomic E-state index is 0.0397. The fraction of sp³-hybridized carbons (Fsp3) is 0.667. The zero-order valence-electron chi connectivity index (χ0n) is 13.2. The van der Waals surface area contributed by atoms with E-state index in [4.69, 9.17) is 4.74 Å². The van der Waals surface area contributed by atoms with E-state index in [2.05, 4.69) is 42.3 Å². The van der Waals surface area contributed by atoms with Gasteiger partial charge >= 0.3 is 0 Å². The van der Waals surface area contributed by atoms with Gasteiger partial charge in [-0.3, -0.25) is 4.90 Å². The molecule has 0 amide bonds. The summed E-state index contributed by atoms with van der Waals surface area (Å²) in [7, 11) is 0. The molecule has 0 aliphatic carbocycles. The van der Waals surface area contributed by atoms with E-state index in [1.165, 1.54) is 50.1 Å². The zero-order chi connectivity index (χ0) is 14.5. The number of benzene rings is 1. The average molecular weight is 286 g/mol. The molecule has 0 atom stereocenters. The van der Waals surface area contributed by atoms with E-state index in [9.17, 15) is 0 Å². The molecule has 3 aliphatic heterocycles. The normalized spacial score (nSPS) is 26.2. The highest BCUT2D eigenvalue weighted by molar-refractivity contribution is 5.44. The predicted octanol–water partition coefficient (Wildman–Crippen LogP) is 2.59. The smallest absolute Gasteiger partial charge is 0.123 e. The second-order valence-electron chi connectivity index (χ2n) is 7.81. The lowest BCUT2D eigenvalue weighted by molar-refractivity contribution is 0.0519. The van der Waals surface area contributed by atoms with Gasteiger partial charge in [-0.2, -0.15) is 0 Å². The fourth-order valence-electron chi connectivity index (χ4n) is 4.07. The molecule has 0 aromatic heterocycles. The van der Waals surface area contributed by atoms with E-state index in [1.54, 1.807) is 0 Å². The molecule has 1 spiro atoms. The van der Waals surface area contributed by atoms with Crippen LogP contribution >= 0.6 is 0 Å². The van der Waals surface area contributed by atoms with Crippen LogP contribution in [0.3, 0.4) is 0 Å². The topological polar surface area (TPSA) is 24.5 Å². The Morgan fingerprint density at radius 1 is 1.19 bits per heavy atom. The molecule has 1 aromatic carbocycles. The van der Waals surface area contributed by atoms with Crippen LogP contribution in [0.4, 0.5) is 0 Å². The molecule has 3 nitrogen and oxygen atoms in total. The van der Waals surface area contributed by atoms with Crippen LogP contribution in [0.1, 0.15) is 37.8 Å². The summed E-state index contributed by atoms with van der Waals surface area (Å²) < 4.78 is 6.06. The Bertz CT molecular complexity index is 538. The molecule has 2 fully saturated rings. The minimum Gasteiger partial charge on any atom is -0.487 e. The molecular formula is C18H26N2O. The summed E-state index contributed by atoms with van der Waals surface area (Å²) in [4.78, 5) is 2.63. The first-order chi connectivity index (χ1) is 10.1. The lowest BCUT2D eigenvalue weighted by atomic mass is 9.73. The Labute approximate surface area is 127 Å². The predicted molar refractivity (Wildman–Crippen MR) is 84.7 cm³/mol. The van der Waals surface area contributed by atoms with Crippen LogP contribution < -0.4 is 10.1 Å². The maximum Gasteiger partial charge on any atom is 0.123 e. The summed E-state index contributed by atoms with van der Waals surface area (Å²) in [6.45, 7) is 10.4. The van der Waals surface area contributed by atoms with Crippen LogP contribution in [0.2, 0.25) is 0 Å². The van der Waals surface area contributed by atoms with Crippen LogP contribution in [-0.2, 0) is 13.0 Å². The van der Waals surface area contributed by atoms with E-state index >= 15 is 0 Å². The molecular weight excluding hydrogens is 260 g/mol. The number of rotatable bonds is 2.